The molecular formula is C15H20N4O2. The van der Waals surface area contributed by atoms with E-state index in [0.29, 0.717) is 23.1 Å². The first-order chi connectivity index (χ1) is 10.2. The average Bonchev–Trinajstić information content (AvgIpc) is 2.50. The molecule has 0 spiro atoms. The smallest absolute Gasteiger partial charge is 0.139 e. The molecule has 112 valence electrons. The van der Waals surface area contributed by atoms with Gasteiger partial charge in [-0.05, 0) is 6.42 Å². The first-order valence-corrected chi connectivity index (χ1v) is 6.77. The van der Waals surface area contributed by atoms with Gasteiger partial charge in [-0.3, -0.25) is 0 Å². The van der Waals surface area contributed by atoms with Gasteiger partial charge in [0.15, 0.2) is 0 Å². The van der Waals surface area contributed by atoms with E-state index >= 15 is 0 Å². The van der Waals surface area contributed by atoms with Crippen LogP contribution in [0.25, 0.3) is 0 Å². The van der Waals surface area contributed by atoms with Gasteiger partial charge in [0.25, 0.3) is 0 Å². The highest BCUT2D eigenvalue weighted by atomic mass is 16.5. The topological polar surface area (TPSA) is 82.3 Å². The Labute approximate surface area is 124 Å². The highest BCUT2D eigenvalue weighted by Gasteiger charge is 2.10. The minimum absolute atomic E-state index is 0.504. The van der Waals surface area contributed by atoms with E-state index in [1.807, 2.05) is 18.2 Å². The lowest BCUT2D eigenvalue weighted by molar-refractivity contribution is 0.395. The average molecular weight is 288 g/mol. The Morgan fingerprint density at radius 3 is 2.33 bits per heavy atom. The van der Waals surface area contributed by atoms with Crippen molar-refractivity contribution in [2.45, 2.75) is 19.8 Å². The Hall–Kier alpha value is -2.50. The van der Waals surface area contributed by atoms with Crippen molar-refractivity contribution in [1.29, 1.82) is 0 Å². The van der Waals surface area contributed by atoms with Gasteiger partial charge in [-0.25, -0.2) is 9.97 Å². The molecule has 0 unspecified atom stereocenters. The summed E-state index contributed by atoms with van der Waals surface area (Å²) < 4.78 is 10.5. The van der Waals surface area contributed by atoms with E-state index in [2.05, 4.69) is 22.2 Å². The van der Waals surface area contributed by atoms with Crippen LogP contribution in [0.5, 0.6) is 11.5 Å². The van der Waals surface area contributed by atoms with Gasteiger partial charge >= 0.3 is 0 Å². The van der Waals surface area contributed by atoms with Crippen molar-refractivity contribution < 1.29 is 9.47 Å². The fourth-order valence-corrected chi connectivity index (χ4v) is 2.05. The Bertz CT molecular complexity index is 594. The van der Waals surface area contributed by atoms with Crippen molar-refractivity contribution in [2.75, 3.05) is 25.3 Å². The number of nitrogens with one attached hydrogen (secondary N) is 1. The van der Waals surface area contributed by atoms with Gasteiger partial charge < -0.3 is 20.5 Å². The fourth-order valence-electron chi connectivity index (χ4n) is 2.05. The van der Waals surface area contributed by atoms with Gasteiger partial charge in [0.1, 0.15) is 29.5 Å². The van der Waals surface area contributed by atoms with Crippen molar-refractivity contribution in [3.63, 3.8) is 0 Å². The van der Waals surface area contributed by atoms with Crippen molar-refractivity contribution in [1.82, 2.24) is 9.97 Å². The van der Waals surface area contributed by atoms with Gasteiger partial charge in [0.2, 0.25) is 0 Å². The number of ether oxygens (including phenoxy) is 2. The highest BCUT2D eigenvalue weighted by molar-refractivity contribution is 5.66. The number of hydrogen-bond donors (Lipinski definition) is 2. The van der Waals surface area contributed by atoms with Crippen LogP contribution in [0, 0.1) is 0 Å². The molecule has 0 amide bonds. The normalized spacial score (nSPS) is 10.2. The molecular weight excluding hydrogens is 268 g/mol. The lowest BCUT2D eigenvalue weighted by Gasteiger charge is -2.13. The van der Waals surface area contributed by atoms with Crippen LogP contribution >= 0.6 is 0 Å². The summed E-state index contributed by atoms with van der Waals surface area (Å²) in [5.41, 5.74) is 7.67. The molecule has 2 rings (SSSR count). The van der Waals surface area contributed by atoms with E-state index in [9.17, 15) is 0 Å². The van der Waals surface area contributed by atoms with Gasteiger partial charge in [0.05, 0.1) is 14.2 Å². The molecule has 1 aromatic heterocycles. The Morgan fingerprint density at radius 1 is 1.10 bits per heavy atom. The predicted octanol–water partition coefficient (Wildman–Crippen LogP) is 2.77. The van der Waals surface area contributed by atoms with Gasteiger partial charge in [-0.1, -0.05) is 13.3 Å². The van der Waals surface area contributed by atoms with E-state index in [4.69, 9.17) is 15.2 Å². The Morgan fingerprint density at radius 2 is 1.76 bits per heavy atom. The van der Waals surface area contributed by atoms with Crippen molar-refractivity contribution in [3.8, 4) is 11.5 Å². The first-order valence-electron chi connectivity index (χ1n) is 6.77. The lowest BCUT2D eigenvalue weighted by Crippen LogP contribution is -2.05. The molecule has 0 aliphatic carbocycles. The van der Waals surface area contributed by atoms with Gasteiger partial charge in [-0.15, -0.1) is 0 Å². The second-order valence-corrected chi connectivity index (χ2v) is 4.56. The van der Waals surface area contributed by atoms with Crippen LogP contribution in [0.15, 0.2) is 24.5 Å². The summed E-state index contributed by atoms with van der Waals surface area (Å²) in [5, 5.41) is 3.26. The monoisotopic (exact) mass is 288 g/mol. The van der Waals surface area contributed by atoms with E-state index < -0.39 is 0 Å². The predicted molar refractivity (Wildman–Crippen MR) is 83.3 cm³/mol. The molecule has 6 nitrogen and oxygen atoms in total. The van der Waals surface area contributed by atoms with Crippen LogP contribution in [0.1, 0.15) is 18.9 Å². The van der Waals surface area contributed by atoms with Crippen LogP contribution in [-0.4, -0.2) is 24.2 Å². The molecule has 0 fully saturated rings. The number of anilines is 3. The maximum absolute atomic E-state index is 5.93. The SMILES string of the molecule is CCCc1c(N)ncnc1Nc1cc(OC)cc(OC)c1. The summed E-state index contributed by atoms with van der Waals surface area (Å²) in [4.78, 5) is 8.33. The van der Waals surface area contributed by atoms with Gasteiger partial charge in [0, 0.05) is 29.4 Å². The maximum Gasteiger partial charge on any atom is 0.139 e. The van der Waals surface area contributed by atoms with E-state index in [1.165, 1.54) is 6.33 Å². The molecule has 0 radical (unpaired) electrons. The van der Waals surface area contributed by atoms with Crippen molar-refractivity contribution >= 4 is 17.3 Å². The summed E-state index contributed by atoms with van der Waals surface area (Å²) in [5.74, 6) is 2.62. The number of nitrogens with zero attached hydrogens (tertiary/aromatic N) is 2. The minimum Gasteiger partial charge on any atom is -0.497 e. The number of methoxy groups -OCH3 is 2. The Kier molecular flexibility index (Phi) is 4.81. The maximum atomic E-state index is 5.93. The molecule has 1 aromatic carbocycles. The third-order valence-corrected chi connectivity index (χ3v) is 3.09. The molecule has 6 heteroatoms. The van der Waals surface area contributed by atoms with Crippen LogP contribution in [0.3, 0.4) is 0 Å². The van der Waals surface area contributed by atoms with Crippen molar-refractivity contribution in [3.05, 3.63) is 30.1 Å². The fraction of sp³-hybridized carbons (Fsp3) is 0.333. The summed E-state index contributed by atoms with van der Waals surface area (Å²) in [6.07, 6.45) is 3.23. The standard InChI is InChI=1S/C15H20N4O2/c1-4-5-13-14(16)17-9-18-15(13)19-10-6-11(20-2)8-12(7-10)21-3/h6-9H,4-5H2,1-3H3,(H3,16,17,18,19). The van der Waals surface area contributed by atoms with Crippen LogP contribution in [0.4, 0.5) is 17.3 Å². The number of aromatic nitrogens is 2. The first kappa shape index (κ1) is 14.9. The quantitative estimate of drug-likeness (QED) is 0.850. The molecule has 1 heterocycles. The zero-order chi connectivity index (χ0) is 15.2. The second kappa shape index (κ2) is 6.78. The zero-order valence-electron chi connectivity index (χ0n) is 12.5. The largest absolute Gasteiger partial charge is 0.497 e. The molecule has 0 aliphatic rings. The molecule has 0 atom stereocenters. The molecule has 2 aromatic rings. The molecule has 0 aliphatic heterocycles. The van der Waals surface area contributed by atoms with Crippen LogP contribution in [-0.2, 0) is 6.42 Å². The number of nitrogens with two attached hydrogens (primary N) is 1. The van der Waals surface area contributed by atoms with Crippen LogP contribution in [0.2, 0.25) is 0 Å². The third-order valence-electron chi connectivity index (χ3n) is 3.09. The van der Waals surface area contributed by atoms with Crippen LogP contribution < -0.4 is 20.5 Å². The Balaban J connectivity index is 2.35. The summed E-state index contributed by atoms with van der Waals surface area (Å²) >= 11 is 0. The van der Waals surface area contributed by atoms with Crippen molar-refractivity contribution in [2.24, 2.45) is 0 Å². The van der Waals surface area contributed by atoms with E-state index in [1.54, 1.807) is 14.2 Å². The second-order valence-electron chi connectivity index (χ2n) is 4.56. The molecule has 0 saturated heterocycles. The third kappa shape index (κ3) is 3.53. The molecule has 0 bridgehead atoms. The number of benzene rings is 1. The number of nitrogen functional groups attached to an aromatic ring is 1. The number of hydrogen-bond acceptors (Lipinski definition) is 6. The van der Waals surface area contributed by atoms with E-state index in [0.717, 1.165) is 24.1 Å². The molecule has 3 N–H and O–H groups in total. The van der Waals surface area contributed by atoms with E-state index in [-0.39, 0.29) is 0 Å². The molecule has 0 saturated carbocycles. The molecule has 21 heavy (non-hydrogen) atoms. The minimum atomic E-state index is 0.504. The lowest BCUT2D eigenvalue weighted by atomic mass is 10.1. The summed E-state index contributed by atoms with van der Waals surface area (Å²) in [6, 6.07) is 5.56. The highest BCUT2D eigenvalue weighted by Crippen LogP contribution is 2.29. The summed E-state index contributed by atoms with van der Waals surface area (Å²) in [7, 11) is 3.23. The zero-order valence-corrected chi connectivity index (χ0v) is 12.5. The summed E-state index contributed by atoms with van der Waals surface area (Å²) in [6.45, 7) is 2.09. The van der Waals surface area contributed by atoms with Gasteiger partial charge in [-0.2, -0.15) is 0 Å². The number of rotatable bonds is 6.